The monoisotopic (exact) mass is 386 g/mol. The molecule has 9 heteroatoms. The van der Waals surface area contributed by atoms with Crippen LogP contribution >= 0.6 is 11.8 Å². The molecule has 1 aliphatic rings. The number of ether oxygens (including phenoxy) is 1. The molecule has 3 aromatic rings. The molecule has 0 radical (unpaired) electrons. The Balaban J connectivity index is 1.39. The fraction of sp³-hybridized carbons (Fsp3) is 0.333. The van der Waals surface area contributed by atoms with E-state index in [1.165, 1.54) is 17.8 Å². The van der Waals surface area contributed by atoms with E-state index < -0.39 is 4.92 Å². The van der Waals surface area contributed by atoms with Crippen molar-refractivity contribution in [1.29, 1.82) is 0 Å². The standard InChI is InChI=1S/C18H18N4O4S/c23-22(24)15-5-1-2-6-16(15)26-10-11-27-18-20-19-17(13-7-8-13)21(18)12-14-4-3-9-25-14/h1-6,9,13H,7-8,10-12H2. The molecular formula is C18H18N4O4S. The predicted octanol–water partition coefficient (Wildman–Crippen LogP) is 3.88. The van der Waals surface area contributed by atoms with Crippen molar-refractivity contribution < 1.29 is 14.1 Å². The topological polar surface area (TPSA) is 96.2 Å². The molecule has 27 heavy (non-hydrogen) atoms. The van der Waals surface area contributed by atoms with Crippen LogP contribution in [0.1, 0.15) is 30.3 Å². The number of benzene rings is 1. The maximum atomic E-state index is 11.0. The van der Waals surface area contributed by atoms with Gasteiger partial charge >= 0.3 is 5.69 Å². The third kappa shape index (κ3) is 4.13. The Labute approximate surface area is 159 Å². The second-order valence-corrected chi connectivity index (χ2v) is 7.26. The van der Waals surface area contributed by atoms with Gasteiger partial charge in [0.1, 0.15) is 11.6 Å². The van der Waals surface area contributed by atoms with E-state index in [-0.39, 0.29) is 11.4 Å². The lowest BCUT2D eigenvalue weighted by atomic mass is 10.3. The predicted molar refractivity (Wildman–Crippen MR) is 99.1 cm³/mol. The molecule has 0 bridgehead atoms. The molecule has 1 aliphatic carbocycles. The highest BCUT2D eigenvalue weighted by atomic mass is 32.2. The van der Waals surface area contributed by atoms with E-state index in [9.17, 15) is 10.1 Å². The van der Waals surface area contributed by atoms with E-state index in [0.717, 1.165) is 29.6 Å². The molecule has 1 aromatic carbocycles. The molecule has 140 valence electrons. The molecule has 0 unspecified atom stereocenters. The van der Waals surface area contributed by atoms with Crippen molar-refractivity contribution >= 4 is 17.4 Å². The van der Waals surface area contributed by atoms with Crippen LogP contribution in [0.15, 0.2) is 52.2 Å². The lowest BCUT2D eigenvalue weighted by molar-refractivity contribution is -0.385. The van der Waals surface area contributed by atoms with Gasteiger partial charge in [-0.05, 0) is 31.0 Å². The van der Waals surface area contributed by atoms with Gasteiger partial charge in [0.2, 0.25) is 0 Å². The Morgan fingerprint density at radius 1 is 1.26 bits per heavy atom. The molecule has 0 spiro atoms. The Hall–Kier alpha value is -2.81. The number of hydrogen-bond acceptors (Lipinski definition) is 7. The first-order chi connectivity index (χ1) is 13.2. The van der Waals surface area contributed by atoms with Crippen LogP contribution in [0.2, 0.25) is 0 Å². The van der Waals surface area contributed by atoms with Crippen molar-refractivity contribution in [3.8, 4) is 5.75 Å². The molecule has 1 fully saturated rings. The summed E-state index contributed by atoms with van der Waals surface area (Å²) in [6.07, 6.45) is 3.94. The lowest BCUT2D eigenvalue weighted by Gasteiger charge is -2.09. The highest BCUT2D eigenvalue weighted by Gasteiger charge is 2.30. The number of hydrogen-bond donors (Lipinski definition) is 0. The third-order valence-electron chi connectivity index (χ3n) is 4.22. The van der Waals surface area contributed by atoms with Gasteiger partial charge in [-0.3, -0.25) is 14.7 Å². The van der Waals surface area contributed by atoms with Crippen LogP contribution < -0.4 is 4.74 Å². The third-order valence-corrected chi connectivity index (χ3v) is 5.15. The smallest absolute Gasteiger partial charge is 0.310 e. The van der Waals surface area contributed by atoms with E-state index in [4.69, 9.17) is 9.15 Å². The first-order valence-electron chi connectivity index (χ1n) is 8.67. The van der Waals surface area contributed by atoms with Crippen LogP contribution in [0.25, 0.3) is 0 Å². The normalized spacial score (nSPS) is 13.6. The van der Waals surface area contributed by atoms with Crippen molar-refractivity contribution in [2.45, 2.75) is 30.5 Å². The lowest BCUT2D eigenvalue weighted by Crippen LogP contribution is -2.07. The molecule has 0 saturated heterocycles. The minimum atomic E-state index is -0.440. The van der Waals surface area contributed by atoms with E-state index in [2.05, 4.69) is 14.8 Å². The maximum Gasteiger partial charge on any atom is 0.310 e. The van der Waals surface area contributed by atoms with E-state index in [0.29, 0.717) is 24.8 Å². The number of furan rings is 1. The highest BCUT2D eigenvalue weighted by Crippen LogP contribution is 2.40. The number of aromatic nitrogens is 3. The summed E-state index contributed by atoms with van der Waals surface area (Å²) in [6, 6.07) is 10.2. The zero-order chi connectivity index (χ0) is 18.6. The van der Waals surface area contributed by atoms with Gasteiger partial charge in [-0.25, -0.2) is 0 Å². The summed E-state index contributed by atoms with van der Waals surface area (Å²) in [5.41, 5.74) is -0.0282. The number of nitro groups is 1. The summed E-state index contributed by atoms with van der Waals surface area (Å²) in [5.74, 6) is 3.21. The summed E-state index contributed by atoms with van der Waals surface area (Å²) < 4.78 is 13.1. The van der Waals surface area contributed by atoms with Gasteiger partial charge in [-0.2, -0.15) is 0 Å². The molecular weight excluding hydrogens is 368 g/mol. The van der Waals surface area contributed by atoms with Crippen molar-refractivity contribution in [2.75, 3.05) is 12.4 Å². The average molecular weight is 386 g/mol. The molecule has 8 nitrogen and oxygen atoms in total. The minimum absolute atomic E-state index is 0.0282. The number of rotatable bonds is 9. The van der Waals surface area contributed by atoms with Crippen LogP contribution in [0.5, 0.6) is 5.75 Å². The number of para-hydroxylation sites is 2. The number of thioether (sulfide) groups is 1. The summed E-state index contributed by atoms with van der Waals surface area (Å²) >= 11 is 1.52. The highest BCUT2D eigenvalue weighted by molar-refractivity contribution is 7.99. The summed E-state index contributed by atoms with van der Waals surface area (Å²) in [4.78, 5) is 10.6. The van der Waals surface area contributed by atoms with Crippen LogP contribution in [-0.2, 0) is 6.54 Å². The zero-order valence-electron chi connectivity index (χ0n) is 14.5. The van der Waals surface area contributed by atoms with Gasteiger partial charge in [0.05, 0.1) is 24.3 Å². The van der Waals surface area contributed by atoms with Gasteiger partial charge in [0.25, 0.3) is 0 Å². The SMILES string of the molecule is O=[N+]([O-])c1ccccc1OCCSc1nnc(C2CC2)n1Cc1ccco1. The molecule has 2 aromatic heterocycles. The molecule has 0 atom stereocenters. The quantitative estimate of drug-likeness (QED) is 0.238. The molecule has 2 heterocycles. The van der Waals surface area contributed by atoms with Crippen LogP contribution in [0, 0.1) is 10.1 Å². The largest absolute Gasteiger partial charge is 0.486 e. The Morgan fingerprint density at radius 2 is 2.11 bits per heavy atom. The fourth-order valence-electron chi connectivity index (χ4n) is 2.77. The summed E-state index contributed by atoms with van der Waals surface area (Å²) in [6.45, 7) is 0.932. The Bertz CT molecular complexity index is 921. The average Bonchev–Trinajstić information content (AvgIpc) is 3.24. The molecule has 4 rings (SSSR count). The van der Waals surface area contributed by atoms with Crippen LogP contribution in [-0.4, -0.2) is 32.0 Å². The first kappa shape index (κ1) is 17.6. The van der Waals surface area contributed by atoms with Gasteiger partial charge in [-0.1, -0.05) is 23.9 Å². The van der Waals surface area contributed by atoms with Crippen LogP contribution in [0.3, 0.4) is 0 Å². The molecule has 1 saturated carbocycles. The molecule has 0 aliphatic heterocycles. The van der Waals surface area contributed by atoms with Gasteiger partial charge in [0, 0.05) is 17.7 Å². The molecule has 0 amide bonds. The van der Waals surface area contributed by atoms with Crippen LogP contribution in [0.4, 0.5) is 5.69 Å². The summed E-state index contributed by atoms with van der Waals surface area (Å²) in [7, 11) is 0. The Kier molecular flexibility index (Phi) is 5.10. The zero-order valence-corrected chi connectivity index (χ0v) is 15.3. The van der Waals surface area contributed by atoms with Gasteiger partial charge in [0.15, 0.2) is 10.9 Å². The van der Waals surface area contributed by atoms with Crippen molar-refractivity contribution in [3.63, 3.8) is 0 Å². The van der Waals surface area contributed by atoms with Crippen molar-refractivity contribution in [1.82, 2.24) is 14.8 Å². The second kappa shape index (κ2) is 7.83. The molecule has 0 N–H and O–H groups in total. The second-order valence-electron chi connectivity index (χ2n) is 6.20. The summed E-state index contributed by atoms with van der Waals surface area (Å²) in [5, 5.41) is 20.5. The van der Waals surface area contributed by atoms with Crippen molar-refractivity contribution in [2.24, 2.45) is 0 Å². The fourth-order valence-corrected chi connectivity index (χ4v) is 3.53. The number of nitro benzene ring substituents is 1. The maximum absolute atomic E-state index is 11.0. The van der Waals surface area contributed by atoms with E-state index >= 15 is 0 Å². The van der Waals surface area contributed by atoms with E-state index in [1.807, 2.05) is 12.1 Å². The minimum Gasteiger partial charge on any atom is -0.486 e. The first-order valence-corrected chi connectivity index (χ1v) is 9.65. The van der Waals surface area contributed by atoms with E-state index in [1.54, 1.807) is 24.5 Å². The Morgan fingerprint density at radius 3 is 2.85 bits per heavy atom. The van der Waals surface area contributed by atoms with Gasteiger partial charge in [-0.15, -0.1) is 10.2 Å². The number of nitrogens with zero attached hydrogens (tertiary/aromatic N) is 4. The van der Waals surface area contributed by atoms with Crippen molar-refractivity contribution in [3.05, 3.63) is 64.4 Å². The van der Waals surface area contributed by atoms with Gasteiger partial charge < -0.3 is 9.15 Å².